The Balaban J connectivity index is 1.29. The molecule has 2 heterocycles. The molecule has 30 heavy (non-hydrogen) atoms. The maximum Gasteiger partial charge on any atom is 0.321 e. The highest BCUT2D eigenvalue weighted by atomic mass is 32.1. The van der Waals surface area contributed by atoms with Crippen LogP contribution in [-0.4, -0.2) is 35.1 Å². The Bertz CT molecular complexity index is 1030. The van der Waals surface area contributed by atoms with E-state index in [4.69, 9.17) is 4.74 Å². The van der Waals surface area contributed by atoms with Crippen molar-refractivity contribution in [1.29, 1.82) is 0 Å². The minimum atomic E-state index is -0.273. The zero-order chi connectivity index (χ0) is 21.3. The maximum atomic E-state index is 13.3. The molecule has 1 aromatic heterocycles. The van der Waals surface area contributed by atoms with Gasteiger partial charge >= 0.3 is 6.03 Å². The molecule has 0 saturated carbocycles. The molecule has 158 valence electrons. The molecule has 2 aromatic carbocycles. The number of aromatic nitrogens is 1. The fourth-order valence-electron chi connectivity index (χ4n) is 3.50. The third-order valence-electron chi connectivity index (χ3n) is 5.33. The number of ether oxygens (including phenoxy) is 1. The van der Waals surface area contributed by atoms with Crippen molar-refractivity contribution in [3.05, 3.63) is 53.8 Å². The molecule has 0 aliphatic carbocycles. The van der Waals surface area contributed by atoms with Crippen LogP contribution in [0.3, 0.4) is 0 Å². The maximum absolute atomic E-state index is 13.3. The van der Waals surface area contributed by atoms with Crippen molar-refractivity contribution in [2.75, 3.05) is 18.4 Å². The Morgan fingerprint density at radius 1 is 1.17 bits per heavy atom. The first-order valence-corrected chi connectivity index (χ1v) is 11.0. The van der Waals surface area contributed by atoms with Crippen LogP contribution in [0.1, 0.15) is 39.2 Å². The average Bonchev–Trinajstić information content (AvgIpc) is 3.09. The number of amides is 2. The normalized spacial score (nSPS) is 15.4. The van der Waals surface area contributed by atoms with Crippen LogP contribution < -0.4 is 10.1 Å². The van der Waals surface area contributed by atoms with E-state index in [2.05, 4.69) is 43.2 Å². The van der Waals surface area contributed by atoms with Gasteiger partial charge in [0.25, 0.3) is 5.19 Å². The van der Waals surface area contributed by atoms with E-state index in [0.29, 0.717) is 18.3 Å². The number of carbonyl (C=O) groups is 1. The fraction of sp³-hybridized carbons (Fsp3) is 0.391. The molecular weight excluding hydrogens is 401 g/mol. The van der Waals surface area contributed by atoms with Gasteiger partial charge in [-0.15, -0.1) is 0 Å². The minimum absolute atomic E-state index is 0.00512. The lowest BCUT2D eigenvalue weighted by Crippen LogP contribution is -2.43. The number of anilines is 1. The summed E-state index contributed by atoms with van der Waals surface area (Å²) in [7, 11) is 0. The second-order valence-corrected chi connectivity index (χ2v) is 9.65. The van der Waals surface area contributed by atoms with Crippen LogP contribution in [0.15, 0.2) is 42.5 Å². The van der Waals surface area contributed by atoms with Crippen LogP contribution in [0.4, 0.5) is 14.9 Å². The molecule has 3 aromatic rings. The molecule has 0 radical (unpaired) electrons. The highest BCUT2D eigenvalue weighted by Gasteiger charge is 2.25. The van der Waals surface area contributed by atoms with Gasteiger partial charge < -0.3 is 15.0 Å². The number of fused-ring (bicyclic) bond motifs is 1. The van der Waals surface area contributed by atoms with Crippen LogP contribution in [0.5, 0.6) is 5.19 Å². The van der Waals surface area contributed by atoms with E-state index >= 15 is 0 Å². The third-order valence-corrected chi connectivity index (χ3v) is 6.24. The summed E-state index contributed by atoms with van der Waals surface area (Å²) in [4.78, 5) is 18.8. The Morgan fingerprint density at radius 3 is 2.53 bits per heavy atom. The number of urea groups is 1. The van der Waals surface area contributed by atoms with Gasteiger partial charge in [-0.25, -0.2) is 14.2 Å². The van der Waals surface area contributed by atoms with Crippen LogP contribution in [0, 0.1) is 5.82 Å². The Kier molecular flexibility index (Phi) is 5.64. The molecule has 2 amide bonds. The standard InChI is InChI=1S/C23H26FN3O2S/c1-23(2,3)15-4-7-17(8-5-15)25-21(28)27-12-10-18(11-13-27)29-22-26-19-9-6-16(24)14-20(19)30-22/h4-9,14,18H,10-13H2,1-3H3,(H,25,28). The number of carbonyl (C=O) groups excluding carboxylic acids is 1. The van der Waals surface area contributed by atoms with E-state index in [-0.39, 0.29) is 23.4 Å². The zero-order valence-corrected chi connectivity index (χ0v) is 18.3. The molecule has 0 unspecified atom stereocenters. The molecule has 1 aliphatic heterocycles. The Labute approximate surface area is 179 Å². The van der Waals surface area contributed by atoms with E-state index in [0.717, 1.165) is 28.7 Å². The monoisotopic (exact) mass is 427 g/mol. The first-order valence-electron chi connectivity index (χ1n) is 10.2. The summed E-state index contributed by atoms with van der Waals surface area (Å²) in [6.07, 6.45) is 1.48. The molecular formula is C23H26FN3O2S. The lowest BCUT2D eigenvalue weighted by atomic mass is 9.87. The summed E-state index contributed by atoms with van der Waals surface area (Å²) < 4.78 is 20.1. The molecule has 1 saturated heterocycles. The van der Waals surface area contributed by atoms with Crippen molar-refractivity contribution in [3.8, 4) is 5.19 Å². The van der Waals surface area contributed by atoms with E-state index in [1.165, 1.54) is 29.0 Å². The van der Waals surface area contributed by atoms with Crippen molar-refractivity contribution in [1.82, 2.24) is 9.88 Å². The van der Waals surface area contributed by atoms with Crippen molar-refractivity contribution in [2.45, 2.75) is 45.1 Å². The van der Waals surface area contributed by atoms with Gasteiger partial charge in [-0.05, 0) is 41.3 Å². The van der Waals surface area contributed by atoms with E-state index < -0.39 is 0 Å². The largest absolute Gasteiger partial charge is 0.467 e. The zero-order valence-electron chi connectivity index (χ0n) is 17.4. The predicted octanol–water partition coefficient (Wildman–Crippen LogP) is 5.81. The topological polar surface area (TPSA) is 54.5 Å². The molecule has 0 spiro atoms. The number of nitrogens with one attached hydrogen (secondary N) is 1. The average molecular weight is 428 g/mol. The van der Waals surface area contributed by atoms with Crippen LogP contribution in [0.2, 0.25) is 0 Å². The summed E-state index contributed by atoms with van der Waals surface area (Å²) >= 11 is 1.35. The molecule has 1 aliphatic rings. The Hall–Kier alpha value is -2.67. The molecule has 4 rings (SSSR count). The first kappa shape index (κ1) is 20.6. The molecule has 0 atom stereocenters. The summed E-state index contributed by atoms with van der Waals surface area (Å²) in [6.45, 7) is 7.74. The number of benzene rings is 2. The number of piperidine rings is 1. The van der Waals surface area contributed by atoms with Gasteiger partial charge in [0.15, 0.2) is 0 Å². The fourth-order valence-corrected chi connectivity index (χ4v) is 4.41. The molecule has 1 fully saturated rings. The second kappa shape index (κ2) is 8.22. The number of hydrogen-bond acceptors (Lipinski definition) is 4. The summed E-state index contributed by atoms with van der Waals surface area (Å²) in [5, 5.41) is 3.53. The van der Waals surface area contributed by atoms with Gasteiger partial charge in [-0.2, -0.15) is 0 Å². The minimum Gasteiger partial charge on any atom is -0.467 e. The van der Waals surface area contributed by atoms with Gasteiger partial charge in [0.1, 0.15) is 11.9 Å². The lowest BCUT2D eigenvalue weighted by molar-refractivity contribution is 0.115. The highest BCUT2D eigenvalue weighted by Crippen LogP contribution is 2.30. The van der Waals surface area contributed by atoms with Crippen molar-refractivity contribution < 1.29 is 13.9 Å². The van der Waals surface area contributed by atoms with Gasteiger partial charge in [0.05, 0.1) is 10.2 Å². The highest BCUT2D eigenvalue weighted by molar-refractivity contribution is 7.20. The first-order chi connectivity index (χ1) is 14.3. The van der Waals surface area contributed by atoms with Gasteiger partial charge in [-0.3, -0.25) is 0 Å². The predicted molar refractivity (Wildman–Crippen MR) is 119 cm³/mol. The number of likely N-dealkylation sites (tertiary alicyclic amines) is 1. The van der Waals surface area contributed by atoms with Crippen LogP contribution in [0.25, 0.3) is 10.2 Å². The van der Waals surface area contributed by atoms with Crippen LogP contribution >= 0.6 is 11.3 Å². The number of hydrogen-bond donors (Lipinski definition) is 1. The van der Waals surface area contributed by atoms with Crippen molar-refractivity contribution >= 4 is 33.3 Å². The summed E-state index contributed by atoms with van der Waals surface area (Å²) in [5.41, 5.74) is 2.86. The third kappa shape index (κ3) is 4.73. The molecule has 0 bridgehead atoms. The van der Waals surface area contributed by atoms with E-state index in [1.807, 2.05) is 17.0 Å². The quantitative estimate of drug-likeness (QED) is 0.574. The molecule has 7 heteroatoms. The SMILES string of the molecule is CC(C)(C)c1ccc(NC(=O)N2CCC(Oc3nc4ccc(F)cc4s3)CC2)cc1. The van der Waals surface area contributed by atoms with Crippen molar-refractivity contribution in [3.63, 3.8) is 0 Å². The number of halogens is 1. The molecule has 1 N–H and O–H groups in total. The van der Waals surface area contributed by atoms with E-state index in [9.17, 15) is 9.18 Å². The van der Waals surface area contributed by atoms with E-state index in [1.54, 1.807) is 6.07 Å². The number of thiazole rings is 1. The Morgan fingerprint density at radius 2 is 1.87 bits per heavy atom. The van der Waals surface area contributed by atoms with Gasteiger partial charge in [0.2, 0.25) is 0 Å². The molecule has 5 nitrogen and oxygen atoms in total. The van der Waals surface area contributed by atoms with Crippen molar-refractivity contribution in [2.24, 2.45) is 0 Å². The van der Waals surface area contributed by atoms with Gasteiger partial charge in [-0.1, -0.05) is 44.2 Å². The number of rotatable bonds is 3. The van der Waals surface area contributed by atoms with Gasteiger partial charge in [0, 0.05) is 31.6 Å². The van der Waals surface area contributed by atoms with Crippen LogP contribution in [-0.2, 0) is 5.41 Å². The lowest BCUT2D eigenvalue weighted by Gasteiger charge is -2.31. The smallest absolute Gasteiger partial charge is 0.321 e. The summed E-state index contributed by atoms with van der Waals surface area (Å²) in [6, 6.07) is 12.5. The summed E-state index contributed by atoms with van der Waals surface area (Å²) in [5.74, 6) is -0.273. The second-order valence-electron chi connectivity index (χ2n) is 8.65. The number of nitrogens with zero attached hydrogens (tertiary/aromatic N) is 2.